The van der Waals surface area contributed by atoms with E-state index in [-0.39, 0.29) is 0 Å². The predicted molar refractivity (Wildman–Crippen MR) is 65.7 cm³/mol. The largest absolute Gasteiger partial charge is 0.357 e. The summed E-state index contributed by atoms with van der Waals surface area (Å²) in [4.78, 5) is 6.30. The highest BCUT2D eigenvalue weighted by molar-refractivity contribution is 6.32. The van der Waals surface area contributed by atoms with Gasteiger partial charge in [0.15, 0.2) is 0 Å². The number of aromatic nitrogens is 1. The quantitative estimate of drug-likeness (QED) is 0.836. The fraction of sp³-hybridized carbons (Fsp3) is 0.545. The molecule has 0 bridgehead atoms. The molecular formula is C11H18ClN3. The Balaban J connectivity index is 2.47. The van der Waals surface area contributed by atoms with E-state index in [9.17, 15) is 0 Å². The van der Waals surface area contributed by atoms with Crippen LogP contribution in [0.3, 0.4) is 0 Å². The molecule has 15 heavy (non-hydrogen) atoms. The topological polar surface area (TPSA) is 28.2 Å². The van der Waals surface area contributed by atoms with Crippen molar-refractivity contribution in [2.45, 2.75) is 19.9 Å². The molecule has 1 rings (SSSR count). The average Bonchev–Trinajstić information content (AvgIpc) is 2.17. The maximum atomic E-state index is 6.04. The molecule has 0 saturated carbocycles. The highest BCUT2D eigenvalue weighted by atomic mass is 35.5. The van der Waals surface area contributed by atoms with Gasteiger partial charge in [-0.05, 0) is 12.1 Å². The molecule has 1 aromatic rings. The molecule has 0 atom stereocenters. The van der Waals surface area contributed by atoms with Crippen molar-refractivity contribution in [1.29, 1.82) is 0 Å². The maximum absolute atomic E-state index is 6.04. The summed E-state index contributed by atoms with van der Waals surface area (Å²) in [5, 5.41) is 4.05. The third-order valence-corrected chi connectivity index (χ3v) is 2.40. The van der Waals surface area contributed by atoms with Crippen molar-refractivity contribution in [3.8, 4) is 0 Å². The first-order valence-electron chi connectivity index (χ1n) is 5.16. The molecular weight excluding hydrogens is 210 g/mol. The van der Waals surface area contributed by atoms with Gasteiger partial charge in [0.05, 0.1) is 5.02 Å². The standard InChI is InChI=1S/C11H18ClN3/c1-9(2)13-7-8-15(3)11-10(12)5-4-6-14-11/h4-6,9,13H,7-8H2,1-3H3. The van der Waals surface area contributed by atoms with E-state index in [1.807, 2.05) is 19.2 Å². The van der Waals surface area contributed by atoms with Gasteiger partial charge < -0.3 is 10.2 Å². The molecule has 0 saturated heterocycles. The molecule has 0 unspecified atom stereocenters. The zero-order valence-corrected chi connectivity index (χ0v) is 10.3. The SMILES string of the molecule is CC(C)NCCN(C)c1ncccc1Cl. The molecule has 4 heteroatoms. The summed E-state index contributed by atoms with van der Waals surface area (Å²) in [7, 11) is 2.00. The zero-order chi connectivity index (χ0) is 11.3. The van der Waals surface area contributed by atoms with Crippen molar-refractivity contribution in [3.63, 3.8) is 0 Å². The fourth-order valence-corrected chi connectivity index (χ4v) is 1.55. The predicted octanol–water partition coefficient (Wildman–Crippen LogP) is 2.17. The van der Waals surface area contributed by atoms with Crippen LogP contribution < -0.4 is 10.2 Å². The number of nitrogens with one attached hydrogen (secondary N) is 1. The Hall–Kier alpha value is -0.800. The maximum Gasteiger partial charge on any atom is 0.147 e. The Bertz CT molecular complexity index is 302. The minimum absolute atomic E-state index is 0.512. The zero-order valence-electron chi connectivity index (χ0n) is 9.50. The van der Waals surface area contributed by atoms with E-state index in [0.29, 0.717) is 11.1 Å². The summed E-state index contributed by atoms with van der Waals surface area (Å²) in [5.74, 6) is 0.838. The lowest BCUT2D eigenvalue weighted by Gasteiger charge is -2.20. The highest BCUT2D eigenvalue weighted by Crippen LogP contribution is 2.20. The first-order chi connectivity index (χ1) is 7.11. The van der Waals surface area contributed by atoms with Gasteiger partial charge in [-0.3, -0.25) is 0 Å². The number of likely N-dealkylation sites (N-methyl/N-ethyl adjacent to an activating group) is 1. The molecule has 0 fully saturated rings. The van der Waals surface area contributed by atoms with Gasteiger partial charge in [-0.1, -0.05) is 25.4 Å². The van der Waals surface area contributed by atoms with Crippen LogP contribution in [-0.2, 0) is 0 Å². The van der Waals surface area contributed by atoms with E-state index in [1.54, 1.807) is 6.20 Å². The molecule has 0 aliphatic carbocycles. The van der Waals surface area contributed by atoms with Crippen molar-refractivity contribution in [1.82, 2.24) is 10.3 Å². The third-order valence-electron chi connectivity index (χ3n) is 2.10. The van der Waals surface area contributed by atoms with Crippen molar-refractivity contribution in [3.05, 3.63) is 23.4 Å². The fourth-order valence-electron chi connectivity index (χ4n) is 1.29. The lowest BCUT2D eigenvalue weighted by Crippen LogP contribution is -2.33. The smallest absolute Gasteiger partial charge is 0.147 e. The Morgan fingerprint density at radius 3 is 2.87 bits per heavy atom. The van der Waals surface area contributed by atoms with Crippen LogP contribution in [0.25, 0.3) is 0 Å². The normalized spacial score (nSPS) is 10.7. The number of pyridine rings is 1. The molecule has 0 radical (unpaired) electrons. The van der Waals surface area contributed by atoms with Crippen LogP contribution in [-0.4, -0.2) is 31.2 Å². The van der Waals surface area contributed by atoms with Crippen LogP contribution in [0, 0.1) is 0 Å². The number of hydrogen-bond donors (Lipinski definition) is 1. The highest BCUT2D eigenvalue weighted by Gasteiger charge is 2.05. The molecule has 84 valence electrons. The molecule has 0 amide bonds. The van der Waals surface area contributed by atoms with Gasteiger partial charge in [0.1, 0.15) is 5.82 Å². The summed E-state index contributed by atoms with van der Waals surface area (Å²) in [6.07, 6.45) is 1.76. The molecule has 0 aromatic carbocycles. The van der Waals surface area contributed by atoms with Gasteiger partial charge >= 0.3 is 0 Å². The van der Waals surface area contributed by atoms with Crippen LogP contribution in [0.2, 0.25) is 5.02 Å². The monoisotopic (exact) mass is 227 g/mol. The first-order valence-corrected chi connectivity index (χ1v) is 5.54. The molecule has 0 aliphatic heterocycles. The molecule has 1 N–H and O–H groups in total. The van der Waals surface area contributed by atoms with E-state index in [4.69, 9.17) is 11.6 Å². The van der Waals surface area contributed by atoms with Gasteiger partial charge in [0.25, 0.3) is 0 Å². The van der Waals surface area contributed by atoms with Crippen molar-refractivity contribution in [2.75, 3.05) is 25.0 Å². The van der Waals surface area contributed by atoms with Gasteiger partial charge in [-0.15, -0.1) is 0 Å². The Morgan fingerprint density at radius 2 is 2.27 bits per heavy atom. The Labute approximate surface area is 96.5 Å². The number of rotatable bonds is 5. The van der Waals surface area contributed by atoms with E-state index in [1.165, 1.54) is 0 Å². The number of hydrogen-bond acceptors (Lipinski definition) is 3. The number of anilines is 1. The van der Waals surface area contributed by atoms with E-state index < -0.39 is 0 Å². The van der Waals surface area contributed by atoms with Gasteiger partial charge in [-0.25, -0.2) is 4.98 Å². The van der Waals surface area contributed by atoms with Gasteiger partial charge in [-0.2, -0.15) is 0 Å². The van der Waals surface area contributed by atoms with Crippen LogP contribution in [0.15, 0.2) is 18.3 Å². The molecule has 1 aromatic heterocycles. The number of nitrogens with zero attached hydrogens (tertiary/aromatic N) is 2. The van der Waals surface area contributed by atoms with E-state index >= 15 is 0 Å². The second kappa shape index (κ2) is 5.93. The van der Waals surface area contributed by atoms with Crippen molar-refractivity contribution in [2.24, 2.45) is 0 Å². The van der Waals surface area contributed by atoms with Crippen LogP contribution in [0.4, 0.5) is 5.82 Å². The second-order valence-corrected chi connectivity index (χ2v) is 4.25. The minimum atomic E-state index is 0.512. The molecule has 0 aliphatic rings. The molecule has 3 nitrogen and oxygen atoms in total. The van der Waals surface area contributed by atoms with E-state index in [2.05, 4.69) is 29.0 Å². The summed E-state index contributed by atoms with van der Waals surface area (Å²) < 4.78 is 0. The minimum Gasteiger partial charge on any atom is -0.357 e. The lowest BCUT2D eigenvalue weighted by atomic mass is 10.4. The Morgan fingerprint density at radius 1 is 1.53 bits per heavy atom. The van der Waals surface area contributed by atoms with Crippen LogP contribution >= 0.6 is 11.6 Å². The molecule has 1 heterocycles. The average molecular weight is 228 g/mol. The Kier molecular flexibility index (Phi) is 4.85. The lowest BCUT2D eigenvalue weighted by molar-refractivity contribution is 0.588. The number of halogens is 1. The van der Waals surface area contributed by atoms with Gasteiger partial charge in [0.2, 0.25) is 0 Å². The first kappa shape index (κ1) is 12.3. The van der Waals surface area contributed by atoms with E-state index in [0.717, 1.165) is 18.9 Å². The molecule has 0 spiro atoms. The van der Waals surface area contributed by atoms with Gasteiger partial charge in [0, 0.05) is 32.4 Å². The summed E-state index contributed by atoms with van der Waals surface area (Å²) in [6.45, 7) is 6.09. The van der Waals surface area contributed by atoms with Crippen LogP contribution in [0.1, 0.15) is 13.8 Å². The van der Waals surface area contributed by atoms with Crippen molar-refractivity contribution >= 4 is 17.4 Å². The summed E-state index contributed by atoms with van der Waals surface area (Å²) >= 11 is 6.04. The summed E-state index contributed by atoms with van der Waals surface area (Å²) in [6, 6.07) is 4.21. The van der Waals surface area contributed by atoms with Crippen LogP contribution in [0.5, 0.6) is 0 Å². The third kappa shape index (κ3) is 4.06. The second-order valence-electron chi connectivity index (χ2n) is 3.84. The van der Waals surface area contributed by atoms with Crippen molar-refractivity contribution < 1.29 is 0 Å². The summed E-state index contributed by atoms with van der Waals surface area (Å²) in [5.41, 5.74) is 0.